The first kappa shape index (κ1) is 21.3. The Morgan fingerprint density at radius 1 is 1.19 bits per heavy atom. The van der Waals surface area contributed by atoms with Gasteiger partial charge in [-0.3, -0.25) is 9.78 Å². The maximum atomic E-state index is 13.0. The maximum Gasteiger partial charge on any atom is 0.247 e. The topological polar surface area (TPSA) is 51.7 Å². The van der Waals surface area contributed by atoms with E-state index in [2.05, 4.69) is 4.98 Å². The second kappa shape index (κ2) is 10.9. The summed E-state index contributed by atoms with van der Waals surface area (Å²) in [6, 6.07) is 17.7. The molecule has 1 saturated heterocycles. The largest absolute Gasteiger partial charge is 0.493 e. The van der Waals surface area contributed by atoms with Crippen molar-refractivity contribution in [3.05, 3.63) is 88.4 Å². The molecule has 5 nitrogen and oxygen atoms in total. The fourth-order valence-electron chi connectivity index (χ4n) is 3.43. The van der Waals surface area contributed by atoms with Crippen LogP contribution in [0.1, 0.15) is 22.6 Å². The second-order valence-corrected chi connectivity index (χ2v) is 8.53. The average molecular weight is 435 g/mol. The molecule has 31 heavy (non-hydrogen) atoms. The Hall–Kier alpha value is -2.96. The molecule has 160 valence electrons. The molecule has 1 aliphatic rings. The van der Waals surface area contributed by atoms with Crippen LogP contribution in [-0.2, 0) is 22.6 Å². The van der Waals surface area contributed by atoms with E-state index in [1.165, 1.54) is 0 Å². The number of benzene rings is 1. The van der Waals surface area contributed by atoms with Gasteiger partial charge in [-0.2, -0.15) is 0 Å². The van der Waals surface area contributed by atoms with Gasteiger partial charge in [0.25, 0.3) is 0 Å². The van der Waals surface area contributed by atoms with E-state index in [0.717, 1.165) is 41.5 Å². The van der Waals surface area contributed by atoms with Gasteiger partial charge in [-0.1, -0.05) is 24.3 Å². The first-order valence-corrected chi connectivity index (χ1v) is 11.3. The van der Waals surface area contributed by atoms with Crippen molar-refractivity contribution in [1.29, 1.82) is 0 Å². The molecule has 0 spiro atoms. The van der Waals surface area contributed by atoms with Crippen molar-refractivity contribution < 1.29 is 14.3 Å². The molecule has 0 bridgehead atoms. The zero-order valence-corrected chi connectivity index (χ0v) is 18.2. The number of aromatic nitrogens is 1. The first-order valence-electron chi connectivity index (χ1n) is 10.5. The van der Waals surface area contributed by atoms with Crippen LogP contribution >= 0.6 is 11.3 Å². The van der Waals surface area contributed by atoms with Crippen molar-refractivity contribution in [3.63, 3.8) is 0 Å². The van der Waals surface area contributed by atoms with Gasteiger partial charge < -0.3 is 14.4 Å². The fraction of sp³-hybridized carbons (Fsp3) is 0.280. The number of carbonyl (C=O) groups excluding carboxylic acids is 1. The molecule has 3 heterocycles. The zero-order chi connectivity index (χ0) is 21.3. The van der Waals surface area contributed by atoms with E-state index in [1.54, 1.807) is 28.5 Å². The van der Waals surface area contributed by atoms with Crippen LogP contribution in [0, 0.1) is 5.92 Å². The van der Waals surface area contributed by atoms with Crippen LogP contribution in [0.5, 0.6) is 5.75 Å². The summed E-state index contributed by atoms with van der Waals surface area (Å²) in [5.41, 5.74) is 1.88. The lowest BCUT2D eigenvalue weighted by Crippen LogP contribution is -2.28. The van der Waals surface area contributed by atoms with Gasteiger partial charge in [-0.25, -0.2) is 0 Å². The Kier molecular flexibility index (Phi) is 7.47. The highest BCUT2D eigenvalue weighted by atomic mass is 32.1. The summed E-state index contributed by atoms with van der Waals surface area (Å²) < 4.78 is 11.4. The molecular weight excluding hydrogens is 408 g/mol. The fourth-order valence-corrected chi connectivity index (χ4v) is 4.04. The molecule has 1 amide bonds. The molecule has 0 N–H and O–H groups in total. The maximum absolute atomic E-state index is 13.0. The molecule has 0 radical (unpaired) electrons. The van der Waals surface area contributed by atoms with Crippen molar-refractivity contribution in [2.75, 3.05) is 19.8 Å². The number of amides is 1. The van der Waals surface area contributed by atoms with Crippen LogP contribution in [-0.4, -0.2) is 35.6 Å². The van der Waals surface area contributed by atoms with Gasteiger partial charge in [0.1, 0.15) is 5.75 Å². The molecule has 2 aromatic heterocycles. The second-order valence-electron chi connectivity index (χ2n) is 7.55. The predicted molar refractivity (Wildman–Crippen MR) is 123 cm³/mol. The highest BCUT2D eigenvalue weighted by molar-refractivity contribution is 7.10. The zero-order valence-electron chi connectivity index (χ0n) is 17.4. The summed E-state index contributed by atoms with van der Waals surface area (Å²) in [6.07, 6.45) is 6.29. The van der Waals surface area contributed by atoms with Gasteiger partial charge in [0.2, 0.25) is 5.91 Å². The molecule has 1 aliphatic heterocycles. The molecule has 0 aliphatic carbocycles. The SMILES string of the molecule is O=C(/C=C/c1cccs1)N(Cc1cccc(OCC2CCOC2)c1)Cc1ccccn1. The highest BCUT2D eigenvalue weighted by Crippen LogP contribution is 2.20. The third-order valence-corrected chi connectivity index (χ3v) is 5.94. The van der Waals surface area contributed by atoms with Crippen LogP contribution in [0.3, 0.4) is 0 Å². The number of carbonyl (C=O) groups is 1. The number of hydrogen-bond acceptors (Lipinski definition) is 5. The van der Waals surface area contributed by atoms with E-state index in [0.29, 0.717) is 25.6 Å². The Labute approximate surface area is 187 Å². The molecule has 1 unspecified atom stereocenters. The monoisotopic (exact) mass is 434 g/mol. The first-order chi connectivity index (χ1) is 15.3. The Morgan fingerprint density at radius 3 is 2.94 bits per heavy atom. The van der Waals surface area contributed by atoms with Crippen LogP contribution in [0.4, 0.5) is 0 Å². The number of nitrogens with zero attached hydrogens (tertiary/aromatic N) is 2. The number of rotatable bonds is 9. The van der Waals surface area contributed by atoms with Crippen molar-refractivity contribution in [1.82, 2.24) is 9.88 Å². The summed E-state index contributed by atoms with van der Waals surface area (Å²) >= 11 is 1.61. The van der Waals surface area contributed by atoms with Gasteiger partial charge in [-0.05, 0) is 53.8 Å². The molecule has 1 atom stereocenters. The van der Waals surface area contributed by atoms with Crippen LogP contribution < -0.4 is 4.74 Å². The highest BCUT2D eigenvalue weighted by Gasteiger charge is 2.17. The summed E-state index contributed by atoms with van der Waals surface area (Å²) in [5, 5.41) is 2.00. The predicted octanol–water partition coefficient (Wildman–Crippen LogP) is 4.80. The number of pyridine rings is 1. The Bertz CT molecular complexity index is 983. The minimum atomic E-state index is -0.0477. The van der Waals surface area contributed by atoms with Crippen molar-refractivity contribution in [2.45, 2.75) is 19.5 Å². The van der Waals surface area contributed by atoms with Crippen molar-refractivity contribution in [3.8, 4) is 5.75 Å². The lowest BCUT2D eigenvalue weighted by atomic mass is 10.1. The standard InChI is InChI=1S/C25H26N2O3S/c28-25(10-9-24-8-4-14-31-24)27(17-22-6-1-2-12-26-22)16-20-5-3-7-23(15-20)30-19-21-11-13-29-18-21/h1-10,12,14-15,21H,11,13,16-19H2/b10-9+. The van der Waals surface area contributed by atoms with Gasteiger partial charge in [0.15, 0.2) is 0 Å². The summed E-state index contributed by atoms with van der Waals surface area (Å²) in [4.78, 5) is 20.2. The molecular formula is C25H26N2O3S. The third-order valence-electron chi connectivity index (χ3n) is 5.11. The van der Waals surface area contributed by atoms with Crippen LogP contribution in [0.2, 0.25) is 0 Å². The van der Waals surface area contributed by atoms with E-state index in [-0.39, 0.29) is 5.91 Å². The molecule has 4 rings (SSSR count). The van der Waals surface area contributed by atoms with Crippen molar-refractivity contribution >= 4 is 23.3 Å². The van der Waals surface area contributed by atoms with E-state index >= 15 is 0 Å². The minimum Gasteiger partial charge on any atom is -0.493 e. The number of hydrogen-bond donors (Lipinski definition) is 0. The average Bonchev–Trinajstić information content (AvgIpc) is 3.51. The van der Waals surface area contributed by atoms with E-state index in [4.69, 9.17) is 9.47 Å². The van der Waals surface area contributed by atoms with Gasteiger partial charge in [-0.15, -0.1) is 11.3 Å². The number of ether oxygens (including phenoxy) is 2. The van der Waals surface area contributed by atoms with Gasteiger partial charge in [0.05, 0.1) is 25.5 Å². The summed E-state index contributed by atoms with van der Waals surface area (Å²) in [7, 11) is 0. The van der Waals surface area contributed by atoms with E-state index < -0.39 is 0 Å². The number of thiophene rings is 1. The lowest BCUT2D eigenvalue weighted by Gasteiger charge is -2.21. The molecule has 0 saturated carbocycles. The normalized spacial score (nSPS) is 15.9. The Morgan fingerprint density at radius 2 is 2.16 bits per heavy atom. The smallest absolute Gasteiger partial charge is 0.247 e. The minimum absolute atomic E-state index is 0.0477. The Balaban J connectivity index is 1.45. The summed E-state index contributed by atoms with van der Waals surface area (Å²) in [6.45, 7) is 3.16. The van der Waals surface area contributed by atoms with Crippen molar-refractivity contribution in [2.24, 2.45) is 5.92 Å². The summed E-state index contributed by atoms with van der Waals surface area (Å²) in [5.74, 6) is 1.23. The van der Waals surface area contributed by atoms with Crippen LogP contribution in [0.25, 0.3) is 6.08 Å². The van der Waals surface area contributed by atoms with Gasteiger partial charge in [0, 0.05) is 36.2 Å². The van der Waals surface area contributed by atoms with E-state index in [9.17, 15) is 4.79 Å². The molecule has 1 fully saturated rings. The van der Waals surface area contributed by atoms with Crippen LogP contribution in [0.15, 0.2) is 72.3 Å². The van der Waals surface area contributed by atoms with Gasteiger partial charge >= 0.3 is 0 Å². The molecule has 1 aromatic carbocycles. The molecule has 3 aromatic rings. The van der Waals surface area contributed by atoms with E-state index in [1.807, 2.05) is 66.1 Å². The lowest BCUT2D eigenvalue weighted by molar-refractivity contribution is -0.127. The molecule has 6 heteroatoms. The quantitative estimate of drug-likeness (QED) is 0.454. The third kappa shape index (κ3) is 6.51.